The number of halogens is 2. The molecule has 7 heteroatoms. The van der Waals surface area contributed by atoms with Gasteiger partial charge in [0.25, 0.3) is 0 Å². The second-order valence-electron chi connectivity index (χ2n) is 5.05. The summed E-state index contributed by atoms with van der Waals surface area (Å²) in [5.41, 5.74) is 0.599. The first-order valence-electron chi connectivity index (χ1n) is 6.95. The molecular weight excluding hydrogens is 338 g/mol. The van der Waals surface area contributed by atoms with Gasteiger partial charge in [-0.2, -0.15) is 8.78 Å². The molecule has 0 amide bonds. The molecule has 0 atom stereocenters. The summed E-state index contributed by atoms with van der Waals surface area (Å²) >= 11 is -0.780. The van der Waals surface area contributed by atoms with E-state index in [0.717, 1.165) is 21.5 Å². The Balaban J connectivity index is 1.95. The molecule has 0 saturated heterocycles. The third kappa shape index (κ3) is 3.19. The quantitative estimate of drug-likeness (QED) is 0.232. The highest BCUT2D eigenvalue weighted by molar-refractivity contribution is 7.96. The fourth-order valence-corrected chi connectivity index (χ4v) is 2.77. The SMILES string of the molecule is O=C(OCc1cccc2ccc3ccccc3c12)C(F)(F)SO[O-]. The number of benzene rings is 3. The maximum absolute atomic E-state index is 13.3. The highest BCUT2D eigenvalue weighted by atomic mass is 32.2. The van der Waals surface area contributed by atoms with E-state index < -0.39 is 23.3 Å². The first-order valence-corrected chi connectivity index (χ1v) is 7.69. The fraction of sp³-hybridized carbons (Fsp3) is 0.118. The lowest BCUT2D eigenvalue weighted by Gasteiger charge is -2.16. The molecule has 3 aromatic carbocycles. The Morgan fingerprint density at radius 1 is 1.04 bits per heavy atom. The molecule has 0 saturated carbocycles. The number of esters is 1. The summed E-state index contributed by atoms with van der Waals surface area (Å²) in [6.45, 7) is -0.334. The average Bonchev–Trinajstić information content (AvgIpc) is 2.59. The molecule has 0 aliphatic rings. The number of carbonyl (C=O) groups is 1. The zero-order chi connectivity index (χ0) is 17.2. The van der Waals surface area contributed by atoms with E-state index in [1.165, 1.54) is 0 Å². The van der Waals surface area contributed by atoms with Crippen LogP contribution in [0.5, 0.6) is 0 Å². The normalized spacial score (nSPS) is 11.8. The third-order valence-corrected chi connectivity index (χ3v) is 4.03. The van der Waals surface area contributed by atoms with E-state index in [0.29, 0.717) is 5.56 Å². The van der Waals surface area contributed by atoms with Gasteiger partial charge in [-0.1, -0.05) is 54.6 Å². The molecule has 0 spiro atoms. The fourth-order valence-electron chi connectivity index (χ4n) is 2.56. The Morgan fingerprint density at radius 3 is 2.54 bits per heavy atom. The number of alkyl halides is 2. The molecule has 0 heterocycles. The van der Waals surface area contributed by atoms with Gasteiger partial charge < -0.3 is 14.3 Å². The highest BCUT2D eigenvalue weighted by Crippen LogP contribution is 2.32. The number of ether oxygens (including phenoxy) is 1. The van der Waals surface area contributed by atoms with E-state index in [-0.39, 0.29) is 6.61 Å². The first kappa shape index (κ1) is 16.6. The summed E-state index contributed by atoms with van der Waals surface area (Å²) in [6, 6.07) is 16.9. The van der Waals surface area contributed by atoms with Gasteiger partial charge in [0.2, 0.25) is 0 Å². The molecule has 0 bridgehead atoms. The lowest BCUT2D eigenvalue weighted by Crippen LogP contribution is -2.28. The predicted molar refractivity (Wildman–Crippen MR) is 84.9 cm³/mol. The maximum Gasteiger partial charge on any atom is 0.412 e. The van der Waals surface area contributed by atoms with Crippen molar-refractivity contribution in [1.29, 1.82) is 0 Å². The molecule has 0 fully saturated rings. The van der Waals surface area contributed by atoms with Gasteiger partial charge in [0.15, 0.2) is 0 Å². The molecule has 0 radical (unpaired) electrons. The largest absolute Gasteiger partial charge is 0.710 e. The van der Waals surface area contributed by atoms with Crippen molar-refractivity contribution in [2.75, 3.05) is 0 Å². The summed E-state index contributed by atoms with van der Waals surface area (Å²) in [6.07, 6.45) is 0. The maximum atomic E-state index is 13.3. The van der Waals surface area contributed by atoms with Crippen molar-refractivity contribution in [3.05, 3.63) is 60.2 Å². The lowest BCUT2D eigenvalue weighted by atomic mass is 9.98. The van der Waals surface area contributed by atoms with Crippen molar-refractivity contribution in [1.82, 2.24) is 0 Å². The summed E-state index contributed by atoms with van der Waals surface area (Å²) in [5.74, 6) is -1.82. The van der Waals surface area contributed by atoms with Crippen LogP contribution in [-0.4, -0.2) is 11.2 Å². The molecular formula is C17H11F2O4S-. The van der Waals surface area contributed by atoms with Crippen LogP contribution in [0.3, 0.4) is 0 Å². The Kier molecular flexibility index (Phi) is 4.66. The Hall–Kier alpha value is -2.22. The van der Waals surface area contributed by atoms with Gasteiger partial charge in [0.1, 0.15) is 6.61 Å². The number of hydrogen-bond donors (Lipinski definition) is 0. The number of carbonyl (C=O) groups excluding carboxylic acids is 1. The minimum atomic E-state index is -4.05. The molecule has 24 heavy (non-hydrogen) atoms. The van der Waals surface area contributed by atoms with Crippen molar-refractivity contribution < 1.29 is 27.9 Å². The van der Waals surface area contributed by atoms with Crippen LogP contribution < -0.4 is 5.26 Å². The lowest BCUT2D eigenvalue weighted by molar-refractivity contribution is -0.630. The Labute approximate surface area is 140 Å². The van der Waals surface area contributed by atoms with Crippen LogP contribution >= 0.6 is 12.0 Å². The van der Waals surface area contributed by atoms with Crippen molar-refractivity contribution in [3.63, 3.8) is 0 Å². The predicted octanol–water partition coefficient (Wildman–Crippen LogP) is 3.57. The van der Waals surface area contributed by atoms with Gasteiger partial charge in [-0.15, -0.1) is 0 Å². The van der Waals surface area contributed by atoms with Crippen LogP contribution in [0.1, 0.15) is 5.56 Å². The zero-order valence-corrected chi connectivity index (χ0v) is 13.0. The molecule has 0 N–H and O–H groups in total. The van der Waals surface area contributed by atoms with Crippen LogP contribution in [-0.2, 0) is 20.5 Å². The Morgan fingerprint density at radius 2 is 1.75 bits per heavy atom. The van der Waals surface area contributed by atoms with E-state index in [2.05, 4.69) is 9.07 Å². The van der Waals surface area contributed by atoms with Gasteiger partial charge in [-0.05, 0) is 27.1 Å². The number of rotatable bonds is 5. The van der Waals surface area contributed by atoms with Crippen molar-refractivity contribution in [3.8, 4) is 0 Å². The molecule has 0 aromatic heterocycles. The molecule has 124 valence electrons. The second-order valence-corrected chi connectivity index (χ2v) is 5.86. The zero-order valence-electron chi connectivity index (χ0n) is 12.2. The molecule has 0 aliphatic carbocycles. The molecule has 3 aromatic rings. The first-order chi connectivity index (χ1) is 11.5. The average molecular weight is 349 g/mol. The van der Waals surface area contributed by atoms with Gasteiger partial charge in [0, 0.05) is 0 Å². The van der Waals surface area contributed by atoms with Crippen LogP contribution in [0.25, 0.3) is 21.5 Å². The van der Waals surface area contributed by atoms with Gasteiger partial charge in [-0.25, -0.2) is 4.79 Å². The summed E-state index contributed by atoms with van der Waals surface area (Å²) in [4.78, 5) is 11.4. The van der Waals surface area contributed by atoms with Crippen LogP contribution in [0.15, 0.2) is 54.6 Å². The van der Waals surface area contributed by atoms with E-state index in [4.69, 9.17) is 0 Å². The standard InChI is InChI=1S/C17H12F2O4S/c18-17(19,24-23-21)16(20)22-10-13-6-3-5-12-9-8-11-4-1-2-7-14(11)15(12)13/h1-9,21H,10H2/p-1. The van der Waals surface area contributed by atoms with Gasteiger partial charge in [-0.3, -0.25) is 0 Å². The summed E-state index contributed by atoms with van der Waals surface area (Å²) < 4.78 is 34.2. The van der Waals surface area contributed by atoms with Crippen molar-refractivity contribution >= 4 is 39.6 Å². The smallest absolute Gasteiger partial charge is 0.412 e. The van der Waals surface area contributed by atoms with Gasteiger partial charge >= 0.3 is 11.2 Å². The second kappa shape index (κ2) is 6.72. The van der Waals surface area contributed by atoms with E-state index >= 15 is 0 Å². The number of fused-ring (bicyclic) bond motifs is 3. The minimum Gasteiger partial charge on any atom is -0.710 e. The summed E-state index contributed by atoms with van der Waals surface area (Å²) in [5, 5.41) is 9.44. The molecule has 0 unspecified atom stereocenters. The van der Waals surface area contributed by atoms with Crippen LogP contribution in [0, 0.1) is 0 Å². The van der Waals surface area contributed by atoms with E-state index in [9.17, 15) is 18.8 Å². The Bertz CT molecular complexity index is 898. The van der Waals surface area contributed by atoms with Gasteiger partial charge in [0.05, 0.1) is 12.0 Å². The molecule has 0 aliphatic heterocycles. The van der Waals surface area contributed by atoms with E-state index in [1.807, 2.05) is 42.5 Å². The third-order valence-electron chi connectivity index (χ3n) is 3.59. The van der Waals surface area contributed by atoms with Crippen LogP contribution in [0.2, 0.25) is 0 Å². The van der Waals surface area contributed by atoms with Crippen molar-refractivity contribution in [2.45, 2.75) is 11.9 Å². The van der Waals surface area contributed by atoms with Crippen molar-refractivity contribution in [2.24, 2.45) is 0 Å². The summed E-state index contributed by atoms with van der Waals surface area (Å²) in [7, 11) is 0. The highest BCUT2D eigenvalue weighted by Gasteiger charge is 2.42. The van der Waals surface area contributed by atoms with Crippen LogP contribution in [0.4, 0.5) is 8.78 Å². The molecule has 4 nitrogen and oxygen atoms in total. The number of hydrogen-bond acceptors (Lipinski definition) is 5. The monoisotopic (exact) mass is 349 g/mol. The van der Waals surface area contributed by atoms with E-state index in [1.54, 1.807) is 12.1 Å². The molecule has 3 rings (SSSR count). The minimum absolute atomic E-state index is 0.334. The topological polar surface area (TPSA) is 58.6 Å².